The van der Waals surface area contributed by atoms with E-state index in [-0.39, 0.29) is 83.6 Å². The van der Waals surface area contributed by atoms with Crippen LogP contribution in [0.2, 0.25) is 0 Å². The van der Waals surface area contributed by atoms with Gasteiger partial charge < -0.3 is 14.2 Å². The van der Waals surface area contributed by atoms with Crippen molar-refractivity contribution in [3.8, 4) is 0 Å². The van der Waals surface area contributed by atoms with Crippen LogP contribution in [-0.4, -0.2) is 46.9 Å². The van der Waals surface area contributed by atoms with Crippen LogP contribution >= 0.6 is 0 Å². The maximum Gasteiger partial charge on any atom is 0.112 e. The Morgan fingerprint density at radius 2 is 1.86 bits per heavy atom. The molecule has 1 rings (SSSR count). The van der Waals surface area contributed by atoms with Gasteiger partial charge in [0.25, 0.3) is 0 Å². The van der Waals surface area contributed by atoms with Crippen molar-refractivity contribution in [3.05, 3.63) is 0 Å². The Morgan fingerprint density at radius 1 is 1.29 bits per heavy atom. The first-order chi connectivity index (χ1) is 5.70. The van der Waals surface area contributed by atoms with Crippen LogP contribution in [0.5, 0.6) is 0 Å². The van der Waals surface area contributed by atoms with Gasteiger partial charge in [0, 0.05) is 91.6 Å². The zero-order valence-electron chi connectivity index (χ0n) is 8.97. The molecule has 4 atom stereocenters. The molecule has 1 aliphatic rings. The van der Waals surface area contributed by atoms with Crippen molar-refractivity contribution in [1.82, 2.24) is 0 Å². The summed E-state index contributed by atoms with van der Waals surface area (Å²) in [6, 6.07) is -0.315. The Kier molecular flexibility index (Phi) is 12.2. The van der Waals surface area contributed by atoms with Crippen molar-refractivity contribution < 1.29 is 79.6 Å². The molecule has 14 heavy (non-hydrogen) atoms. The SMILES string of the molecule is [B][C@@H]1O[C@H](COC)[C@@H](C)[C@H]1OC.[Y].[Y]. The zero-order valence-corrected chi connectivity index (χ0v) is 14.6. The number of rotatable bonds is 3. The Labute approximate surface area is 138 Å². The van der Waals surface area contributed by atoms with Crippen molar-refractivity contribution in [2.45, 2.75) is 25.1 Å². The van der Waals surface area contributed by atoms with Crippen molar-refractivity contribution in [2.24, 2.45) is 5.92 Å². The monoisotopic (exact) mass is 348 g/mol. The van der Waals surface area contributed by atoms with Crippen LogP contribution in [0.25, 0.3) is 0 Å². The van der Waals surface area contributed by atoms with Gasteiger partial charge in [-0.3, -0.25) is 0 Å². The van der Waals surface area contributed by atoms with Gasteiger partial charge in [-0.1, -0.05) is 6.92 Å². The van der Waals surface area contributed by atoms with E-state index in [4.69, 9.17) is 22.1 Å². The van der Waals surface area contributed by atoms with Gasteiger partial charge >= 0.3 is 0 Å². The Bertz CT molecular complexity index is 151. The number of hydrogen-bond donors (Lipinski definition) is 0. The predicted molar refractivity (Wildman–Crippen MR) is 46.3 cm³/mol. The minimum absolute atomic E-state index is 0. The van der Waals surface area contributed by atoms with Gasteiger partial charge in [-0.15, -0.1) is 0 Å². The van der Waals surface area contributed by atoms with Crippen molar-refractivity contribution >= 4 is 7.85 Å². The van der Waals surface area contributed by atoms with Gasteiger partial charge in [0.1, 0.15) is 7.85 Å². The first kappa shape index (κ1) is 18.5. The molecule has 0 aromatic rings. The van der Waals surface area contributed by atoms with Crippen molar-refractivity contribution in [1.29, 1.82) is 0 Å². The predicted octanol–water partition coefficient (Wildman–Crippen LogP) is 0.172. The molecule has 0 saturated carbocycles. The third-order valence-corrected chi connectivity index (χ3v) is 2.36. The maximum atomic E-state index is 5.70. The molecule has 0 unspecified atom stereocenters. The normalized spacial score (nSPS) is 35.9. The van der Waals surface area contributed by atoms with Gasteiger partial charge in [0.2, 0.25) is 0 Å². The molecular weight excluding hydrogens is 333 g/mol. The van der Waals surface area contributed by atoms with E-state index in [0.29, 0.717) is 12.5 Å². The third kappa shape index (κ3) is 4.57. The summed E-state index contributed by atoms with van der Waals surface area (Å²) in [5.74, 6) is 0.296. The van der Waals surface area contributed by atoms with E-state index >= 15 is 0 Å². The Balaban J connectivity index is 0. The second kappa shape index (κ2) is 9.21. The van der Waals surface area contributed by atoms with E-state index in [1.807, 2.05) is 0 Å². The fourth-order valence-electron chi connectivity index (χ4n) is 1.62. The van der Waals surface area contributed by atoms with Gasteiger partial charge in [-0.25, -0.2) is 0 Å². The molecule has 6 heteroatoms. The first-order valence-corrected chi connectivity index (χ1v) is 4.13. The standard InChI is InChI=1S/C8H15BO3.2Y/c1-5-6(4-10-2)12-8(9)7(5)11-3;;/h5-8H,4H2,1-3H3;;/t5-,6-,7-,8-;;/m1../s1. The van der Waals surface area contributed by atoms with E-state index in [1.54, 1.807) is 14.2 Å². The average molecular weight is 348 g/mol. The molecule has 0 aliphatic carbocycles. The van der Waals surface area contributed by atoms with Gasteiger partial charge in [-0.05, 0) is 0 Å². The van der Waals surface area contributed by atoms with Crippen LogP contribution in [-0.2, 0) is 79.6 Å². The summed E-state index contributed by atoms with van der Waals surface area (Å²) in [7, 11) is 9.00. The molecule has 4 radical (unpaired) electrons. The van der Waals surface area contributed by atoms with Crippen LogP contribution in [0, 0.1) is 5.92 Å². The third-order valence-electron chi connectivity index (χ3n) is 2.36. The second-order valence-corrected chi connectivity index (χ2v) is 3.15. The van der Waals surface area contributed by atoms with Crippen LogP contribution in [0.1, 0.15) is 6.92 Å². The van der Waals surface area contributed by atoms with Gasteiger partial charge in [-0.2, -0.15) is 0 Å². The molecule has 3 nitrogen and oxygen atoms in total. The molecule has 1 saturated heterocycles. The summed E-state index contributed by atoms with van der Waals surface area (Å²) >= 11 is 0. The van der Waals surface area contributed by atoms with Crippen molar-refractivity contribution in [3.63, 3.8) is 0 Å². The zero-order chi connectivity index (χ0) is 9.14. The maximum absolute atomic E-state index is 5.70. The summed E-state index contributed by atoms with van der Waals surface area (Å²) in [6.07, 6.45) is 0.0556. The number of methoxy groups -OCH3 is 2. The average Bonchev–Trinajstić information content (AvgIpc) is 2.29. The number of ether oxygens (including phenoxy) is 3. The smallest absolute Gasteiger partial charge is 0.112 e. The summed E-state index contributed by atoms with van der Waals surface area (Å²) in [6.45, 7) is 2.64. The van der Waals surface area contributed by atoms with E-state index in [2.05, 4.69) is 6.92 Å². The van der Waals surface area contributed by atoms with E-state index in [9.17, 15) is 0 Å². The molecular formula is C8H15BO3Y2. The first-order valence-electron chi connectivity index (χ1n) is 4.13. The molecule has 0 aromatic heterocycles. The molecule has 74 valence electrons. The molecule has 0 spiro atoms. The van der Waals surface area contributed by atoms with Crippen LogP contribution in [0.4, 0.5) is 0 Å². The minimum atomic E-state index is -0.315. The Hall–Kier alpha value is 2.15. The van der Waals surface area contributed by atoms with E-state index in [0.717, 1.165) is 0 Å². The van der Waals surface area contributed by atoms with E-state index < -0.39 is 0 Å². The van der Waals surface area contributed by atoms with E-state index in [1.165, 1.54) is 0 Å². The second-order valence-electron chi connectivity index (χ2n) is 3.15. The molecule has 0 aromatic carbocycles. The van der Waals surface area contributed by atoms with Crippen molar-refractivity contribution in [2.75, 3.05) is 20.8 Å². The summed E-state index contributed by atoms with van der Waals surface area (Å²) < 4.78 is 15.7. The minimum Gasteiger partial charge on any atom is -0.382 e. The molecule has 0 bridgehead atoms. The summed E-state index contributed by atoms with van der Waals surface area (Å²) in [5.41, 5.74) is 0. The molecule has 1 aliphatic heterocycles. The topological polar surface area (TPSA) is 27.7 Å². The molecule has 1 heterocycles. The summed E-state index contributed by atoms with van der Waals surface area (Å²) in [4.78, 5) is 0. The largest absolute Gasteiger partial charge is 0.382 e. The van der Waals surface area contributed by atoms with Crippen LogP contribution < -0.4 is 0 Å². The fourth-order valence-corrected chi connectivity index (χ4v) is 1.62. The number of hydrogen-bond acceptors (Lipinski definition) is 3. The molecule has 0 N–H and O–H groups in total. The fraction of sp³-hybridized carbons (Fsp3) is 1.00. The molecule has 1 fully saturated rings. The summed E-state index contributed by atoms with van der Waals surface area (Å²) in [5, 5.41) is 0. The van der Waals surface area contributed by atoms with Gasteiger partial charge in [0.15, 0.2) is 0 Å². The van der Waals surface area contributed by atoms with Crippen LogP contribution in [0.15, 0.2) is 0 Å². The Morgan fingerprint density at radius 3 is 2.21 bits per heavy atom. The molecule has 0 amide bonds. The van der Waals surface area contributed by atoms with Gasteiger partial charge in [0.05, 0.1) is 18.8 Å². The van der Waals surface area contributed by atoms with Crippen LogP contribution in [0.3, 0.4) is 0 Å². The quantitative estimate of drug-likeness (QED) is 0.681.